The van der Waals surface area contributed by atoms with Crippen LogP contribution >= 0.6 is 0 Å². The van der Waals surface area contributed by atoms with Crippen LogP contribution in [0, 0.1) is 0 Å². The average molecular weight is 383 g/mol. The van der Waals surface area contributed by atoms with Crippen molar-refractivity contribution in [1.82, 2.24) is 9.88 Å². The second-order valence-corrected chi connectivity index (χ2v) is 7.77. The minimum Gasteiger partial charge on any atom is -0.339 e. The lowest BCUT2D eigenvalue weighted by Gasteiger charge is -2.21. The van der Waals surface area contributed by atoms with Crippen LogP contribution < -0.4 is 4.72 Å². The van der Waals surface area contributed by atoms with Gasteiger partial charge in [0.25, 0.3) is 10.0 Å². The minimum atomic E-state index is -3.82. The van der Waals surface area contributed by atoms with E-state index in [0.29, 0.717) is 29.7 Å². The number of nitrogens with zero attached hydrogens (tertiary/aromatic N) is 2. The molecule has 0 aliphatic heterocycles. The normalized spacial score (nSPS) is 11.3. The van der Waals surface area contributed by atoms with Gasteiger partial charge in [-0.1, -0.05) is 24.3 Å². The number of carbonyl (C=O) groups excluding carboxylic acids is 1. The highest BCUT2D eigenvalue weighted by atomic mass is 32.2. The summed E-state index contributed by atoms with van der Waals surface area (Å²) in [5.74, 6) is -0.0599. The molecule has 0 saturated carbocycles. The van der Waals surface area contributed by atoms with Crippen LogP contribution in [0.2, 0.25) is 0 Å². The van der Waals surface area contributed by atoms with E-state index in [2.05, 4.69) is 9.71 Å². The molecule has 7 heteroatoms. The Kier molecular flexibility index (Phi) is 5.41. The number of fused-ring (bicyclic) bond motifs is 1. The number of carbonyl (C=O) groups is 1. The number of para-hydroxylation sites is 1. The van der Waals surface area contributed by atoms with Gasteiger partial charge in [-0.05, 0) is 42.8 Å². The predicted octanol–water partition coefficient (Wildman–Crippen LogP) is 3.40. The van der Waals surface area contributed by atoms with Gasteiger partial charge in [0.1, 0.15) is 0 Å². The highest BCUT2D eigenvalue weighted by Crippen LogP contribution is 2.26. The first-order chi connectivity index (χ1) is 12.9. The monoisotopic (exact) mass is 383 g/mol. The highest BCUT2D eigenvalue weighted by Gasteiger charge is 2.19. The van der Waals surface area contributed by atoms with Crippen molar-refractivity contribution in [3.05, 3.63) is 66.4 Å². The molecule has 0 radical (unpaired) electrons. The minimum absolute atomic E-state index is 0.0599. The smallest absolute Gasteiger partial charge is 0.262 e. The molecule has 0 saturated heterocycles. The summed E-state index contributed by atoms with van der Waals surface area (Å²) >= 11 is 0. The molecule has 0 aliphatic rings. The fraction of sp³-hybridized carbons (Fsp3) is 0.200. The SMILES string of the molecule is CCN(Cc1ccccc1NS(=O)(=O)c1cccc2ncccc12)C(C)=O. The van der Waals surface area contributed by atoms with Crippen molar-refractivity contribution in [1.29, 1.82) is 0 Å². The molecule has 0 atom stereocenters. The summed E-state index contributed by atoms with van der Waals surface area (Å²) in [6.07, 6.45) is 1.63. The topological polar surface area (TPSA) is 79.4 Å². The zero-order chi connectivity index (χ0) is 19.4. The molecular weight excluding hydrogens is 362 g/mol. The van der Waals surface area contributed by atoms with Crippen molar-refractivity contribution in [2.75, 3.05) is 11.3 Å². The Bertz CT molecular complexity index is 1080. The molecule has 1 N–H and O–H groups in total. The number of amides is 1. The van der Waals surface area contributed by atoms with Gasteiger partial charge in [0.2, 0.25) is 5.91 Å². The number of rotatable bonds is 6. The molecule has 27 heavy (non-hydrogen) atoms. The molecule has 0 unspecified atom stereocenters. The van der Waals surface area contributed by atoms with Crippen LogP contribution in [-0.2, 0) is 21.4 Å². The van der Waals surface area contributed by atoms with Gasteiger partial charge < -0.3 is 4.90 Å². The molecule has 0 spiro atoms. The van der Waals surface area contributed by atoms with Crippen molar-refractivity contribution in [3.8, 4) is 0 Å². The Morgan fingerprint density at radius 3 is 2.59 bits per heavy atom. The summed E-state index contributed by atoms with van der Waals surface area (Å²) in [5, 5.41) is 0.559. The Balaban J connectivity index is 1.98. The predicted molar refractivity (Wildman–Crippen MR) is 106 cm³/mol. The number of anilines is 1. The van der Waals surface area contributed by atoms with Gasteiger partial charge in [0.05, 0.1) is 16.1 Å². The first-order valence-electron chi connectivity index (χ1n) is 8.62. The van der Waals surface area contributed by atoms with Gasteiger partial charge in [0, 0.05) is 31.6 Å². The van der Waals surface area contributed by atoms with Crippen LogP contribution in [0.3, 0.4) is 0 Å². The summed E-state index contributed by atoms with van der Waals surface area (Å²) < 4.78 is 28.7. The molecular formula is C20H21N3O3S. The summed E-state index contributed by atoms with van der Waals surface area (Å²) in [6, 6.07) is 15.5. The van der Waals surface area contributed by atoms with Gasteiger partial charge in [-0.3, -0.25) is 14.5 Å². The van der Waals surface area contributed by atoms with E-state index in [9.17, 15) is 13.2 Å². The first kappa shape index (κ1) is 18.8. The molecule has 1 amide bonds. The quantitative estimate of drug-likeness (QED) is 0.707. The third kappa shape index (κ3) is 4.09. The van der Waals surface area contributed by atoms with Crippen molar-refractivity contribution >= 4 is 32.5 Å². The largest absolute Gasteiger partial charge is 0.339 e. The van der Waals surface area contributed by atoms with E-state index >= 15 is 0 Å². The summed E-state index contributed by atoms with van der Waals surface area (Å²) in [5.41, 5.74) is 1.80. The second kappa shape index (κ2) is 7.75. The van der Waals surface area contributed by atoms with Gasteiger partial charge in [-0.15, -0.1) is 0 Å². The van der Waals surface area contributed by atoms with Crippen LogP contribution in [0.15, 0.2) is 65.7 Å². The summed E-state index contributed by atoms with van der Waals surface area (Å²) in [6.45, 7) is 4.27. The lowest BCUT2D eigenvalue weighted by Crippen LogP contribution is -2.28. The fourth-order valence-electron chi connectivity index (χ4n) is 2.92. The summed E-state index contributed by atoms with van der Waals surface area (Å²) in [7, 11) is -3.82. The lowest BCUT2D eigenvalue weighted by molar-refractivity contribution is -0.129. The molecule has 2 aromatic carbocycles. The number of benzene rings is 2. The fourth-order valence-corrected chi connectivity index (χ4v) is 4.24. The van der Waals surface area contributed by atoms with Crippen LogP contribution in [0.1, 0.15) is 19.4 Å². The van der Waals surface area contributed by atoms with E-state index in [1.165, 1.54) is 6.92 Å². The average Bonchev–Trinajstić information content (AvgIpc) is 2.66. The maximum atomic E-state index is 13.0. The van der Waals surface area contributed by atoms with Crippen LogP contribution in [0.4, 0.5) is 5.69 Å². The van der Waals surface area contributed by atoms with Crippen LogP contribution in [0.5, 0.6) is 0 Å². The highest BCUT2D eigenvalue weighted by molar-refractivity contribution is 7.93. The Morgan fingerprint density at radius 2 is 1.85 bits per heavy atom. The molecule has 1 aromatic heterocycles. The number of sulfonamides is 1. The van der Waals surface area contributed by atoms with Crippen LogP contribution in [-0.4, -0.2) is 30.8 Å². The van der Waals surface area contributed by atoms with Crippen molar-refractivity contribution < 1.29 is 13.2 Å². The van der Waals surface area contributed by atoms with Crippen molar-refractivity contribution in [3.63, 3.8) is 0 Å². The number of nitrogens with one attached hydrogen (secondary N) is 1. The van der Waals surface area contributed by atoms with Crippen molar-refractivity contribution in [2.24, 2.45) is 0 Å². The van der Waals surface area contributed by atoms with Gasteiger partial charge >= 0.3 is 0 Å². The van der Waals surface area contributed by atoms with Gasteiger partial charge in [-0.2, -0.15) is 0 Å². The molecule has 0 bridgehead atoms. The van der Waals surface area contributed by atoms with E-state index in [0.717, 1.165) is 5.56 Å². The molecule has 1 heterocycles. The van der Waals surface area contributed by atoms with Crippen LogP contribution in [0.25, 0.3) is 10.9 Å². The third-order valence-corrected chi connectivity index (χ3v) is 5.77. The molecule has 140 valence electrons. The number of hydrogen-bond acceptors (Lipinski definition) is 4. The standard InChI is InChI=1S/C20H21N3O3S/c1-3-23(15(2)24)14-16-8-4-5-10-18(16)22-27(25,26)20-12-6-11-19-17(20)9-7-13-21-19/h4-13,22H,3,14H2,1-2H3. The van der Waals surface area contributed by atoms with E-state index in [-0.39, 0.29) is 10.8 Å². The maximum Gasteiger partial charge on any atom is 0.262 e. The lowest BCUT2D eigenvalue weighted by atomic mass is 10.1. The van der Waals surface area contributed by atoms with E-state index in [1.54, 1.807) is 53.6 Å². The zero-order valence-electron chi connectivity index (χ0n) is 15.2. The molecule has 6 nitrogen and oxygen atoms in total. The van der Waals surface area contributed by atoms with E-state index in [1.807, 2.05) is 19.1 Å². The van der Waals surface area contributed by atoms with E-state index in [4.69, 9.17) is 0 Å². The van der Waals surface area contributed by atoms with E-state index < -0.39 is 10.0 Å². The molecule has 3 aromatic rings. The van der Waals surface area contributed by atoms with Gasteiger partial charge in [0.15, 0.2) is 0 Å². The Morgan fingerprint density at radius 1 is 1.07 bits per heavy atom. The second-order valence-electron chi connectivity index (χ2n) is 6.12. The number of pyridine rings is 1. The number of aromatic nitrogens is 1. The van der Waals surface area contributed by atoms with Crippen molar-refractivity contribution in [2.45, 2.75) is 25.3 Å². The van der Waals surface area contributed by atoms with Gasteiger partial charge in [-0.25, -0.2) is 8.42 Å². The molecule has 3 rings (SSSR count). The maximum absolute atomic E-state index is 13.0. The first-order valence-corrected chi connectivity index (χ1v) is 10.1. The molecule has 0 aliphatic carbocycles. The Labute approximate surface area is 158 Å². The molecule has 0 fully saturated rings. The Hall–Kier alpha value is -2.93. The summed E-state index contributed by atoms with van der Waals surface area (Å²) in [4.78, 5) is 17.8. The zero-order valence-corrected chi connectivity index (χ0v) is 16.0. The third-order valence-electron chi connectivity index (χ3n) is 4.35. The number of hydrogen-bond donors (Lipinski definition) is 1.